The first-order chi connectivity index (χ1) is 10.8. The Bertz CT molecular complexity index is 461. The number of carbonyl (C=O) groups is 1. The van der Waals surface area contributed by atoms with Crippen LogP contribution in [0.15, 0.2) is 24.3 Å². The zero-order chi connectivity index (χ0) is 15.6. The zero-order valence-corrected chi connectivity index (χ0v) is 13.0. The van der Waals surface area contributed by atoms with Crippen molar-refractivity contribution in [1.82, 2.24) is 4.90 Å². The van der Waals surface area contributed by atoms with Crippen LogP contribution in [0.5, 0.6) is 5.75 Å². The van der Waals surface area contributed by atoms with Gasteiger partial charge in [-0.05, 0) is 18.6 Å². The van der Waals surface area contributed by atoms with Gasteiger partial charge in [0.05, 0.1) is 25.5 Å². The quantitative estimate of drug-likeness (QED) is 0.838. The van der Waals surface area contributed by atoms with Gasteiger partial charge in [-0.15, -0.1) is 0 Å². The second-order valence-electron chi connectivity index (χ2n) is 5.06. The van der Waals surface area contributed by atoms with Crippen molar-refractivity contribution in [2.75, 3.05) is 51.4 Å². The number of nitrogens with zero attached hydrogens (tertiary/aromatic N) is 1. The Hall–Kier alpha value is -1.79. The van der Waals surface area contributed by atoms with Crippen LogP contribution in [0.25, 0.3) is 0 Å². The van der Waals surface area contributed by atoms with Gasteiger partial charge in [0.25, 0.3) is 0 Å². The van der Waals surface area contributed by atoms with E-state index in [0.717, 1.165) is 39.3 Å². The largest absolute Gasteiger partial charge is 0.491 e. The summed E-state index contributed by atoms with van der Waals surface area (Å²) in [6.45, 7) is 7.01. The molecule has 0 unspecified atom stereocenters. The lowest BCUT2D eigenvalue weighted by molar-refractivity contribution is 0.0290. The molecular formula is C16H24N2O4. The average molecular weight is 308 g/mol. The van der Waals surface area contributed by atoms with Gasteiger partial charge in [-0.25, -0.2) is 4.79 Å². The molecule has 0 spiro atoms. The molecule has 6 nitrogen and oxygen atoms in total. The van der Waals surface area contributed by atoms with Crippen molar-refractivity contribution in [1.29, 1.82) is 0 Å². The molecule has 1 heterocycles. The van der Waals surface area contributed by atoms with Gasteiger partial charge < -0.3 is 14.2 Å². The van der Waals surface area contributed by atoms with E-state index in [-0.39, 0.29) is 0 Å². The molecule has 1 aliphatic heterocycles. The van der Waals surface area contributed by atoms with Gasteiger partial charge in [-0.1, -0.05) is 19.1 Å². The fourth-order valence-corrected chi connectivity index (χ4v) is 2.15. The summed E-state index contributed by atoms with van der Waals surface area (Å²) >= 11 is 0. The van der Waals surface area contributed by atoms with Gasteiger partial charge >= 0.3 is 6.09 Å². The van der Waals surface area contributed by atoms with E-state index in [1.165, 1.54) is 0 Å². The molecule has 0 aromatic heterocycles. The summed E-state index contributed by atoms with van der Waals surface area (Å²) in [6, 6.07) is 7.36. The highest BCUT2D eigenvalue weighted by Gasteiger charge is 2.12. The van der Waals surface area contributed by atoms with Crippen molar-refractivity contribution in [2.24, 2.45) is 0 Å². The van der Waals surface area contributed by atoms with Gasteiger partial charge in [0.15, 0.2) is 0 Å². The molecule has 0 bridgehead atoms. The van der Waals surface area contributed by atoms with Crippen LogP contribution < -0.4 is 10.1 Å². The Labute approximate surface area is 131 Å². The number of hydrogen-bond donors (Lipinski definition) is 1. The van der Waals surface area contributed by atoms with E-state index < -0.39 is 6.09 Å². The fraction of sp³-hybridized carbons (Fsp3) is 0.562. The third kappa shape index (κ3) is 5.54. The Balaban J connectivity index is 1.74. The molecule has 1 N–H and O–H groups in total. The second-order valence-corrected chi connectivity index (χ2v) is 5.06. The molecule has 1 saturated heterocycles. The van der Waals surface area contributed by atoms with E-state index in [4.69, 9.17) is 14.2 Å². The van der Waals surface area contributed by atoms with Crippen LogP contribution >= 0.6 is 0 Å². The maximum absolute atomic E-state index is 11.8. The number of benzene rings is 1. The highest BCUT2D eigenvalue weighted by atomic mass is 16.5. The second kappa shape index (κ2) is 9.27. The van der Waals surface area contributed by atoms with Crippen LogP contribution in [-0.4, -0.2) is 57.1 Å². The number of anilines is 1. The molecule has 1 amide bonds. The molecule has 22 heavy (non-hydrogen) atoms. The first kappa shape index (κ1) is 16.6. The number of amides is 1. The van der Waals surface area contributed by atoms with Gasteiger partial charge in [-0.3, -0.25) is 10.2 Å². The van der Waals surface area contributed by atoms with Crippen molar-refractivity contribution in [2.45, 2.75) is 13.3 Å². The van der Waals surface area contributed by atoms with Crippen LogP contribution in [0.3, 0.4) is 0 Å². The predicted octanol–water partition coefficient (Wildman–Crippen LogP) is 2.36. The van der Waals surface area contributed by atoms with Crippen LogP contribution in [0.4, 0.5) is 10.5 Å². The summed E-state index contributed by atoms with van der Waals surface area (Å²) in [5.41, 5.74) is 0.632. The number of carbonyl (C=O) groups excluding carboxylic acids is 1. The summed E-state index contributed by atoms with van der Waals surface area (Å²) in [7, 11) is 0. The Morgan fingerprint density at radius 2 is 2.05 bits per heavy atom. The molecule has 1 aliphatic rings. The number of nitrogens with one attached hydrogen (secondary N) is 1. The average Bonchev–Trinajstić information content (AvgIpc) is 2.55. The summed E-state index contributed by atoms with van der Waals surface area (Å²) in [5.74, 6) is 0.662. The number of ether oxygens (including phenoxy) is 3. The van der Waals surface area contributed by atoms with Crippen LogP contribution in [0.2, 0.25) is 0 Å². The maximum Gasteiger partial charge on any atom is 0.411 e. The van der Waals surface area contributed by atoms with E-state index in [9.17, 15) is 4.79 Å². The van der Waals surface area contributed by atoms with Crippen LogP contribution in [0.1, 0.15) is 13.3 Å². The maximum atomic E-state index is 11.8. The third-order valence-electron chi connectivity index (χ3n) is 3.33. The molecule has 1 fully saturated rings. The minimum absolute atomic E-state index is 0.365. The smallest absolute Gasteiger partial charge is 0.411 e. The molecular weight excluding hydrogens is 284 g/mol. The number of hydrogen-bond acceptors (Lipinski definition) is 5. The lowest BCUT2D eigenvalue weighted by Gasteiger charge is -2.26. The van der Waals surface area contributed by atoms with Crippen molar-refractivity contribution >= 4 is 11.8 Å². The molecule has 1 aromatic carbocycles. The highest BCUT2D eigenvalue weighted by Crippen LogP contribution is 2.23. The minimum atomic E-state index is -0.458. The molecule has 0 saturated carbocycles. The summed E-state index contributed by atoms with van der Waals surface area (Å²) in [4.78, 5) is 14.1. The van der Waals surface area contributed by atoms with Crippen molar-refractivity contribution in [3.8, 4) is 5.75 Å². The molecule has 1 aromatic rings. The summed E-state index contributed by atoms with van der Waals surface area (Å²) in [6.07, 6.45) is 0.457. The SMILES string of the molecule is CCCOc1ccccc1NC(=O)OCCN1CCOCC1. The van der Waals surface area contributed by atoms with E-state index in [1.807, 2.05) is 25.1 Å². The first-order valence-electron chi connectivity index (χ1n) is 7.75. The lowest BCUT2D eigenvalue weighted by Crippen LogP contribution is -2.38. The van der Waals surface area contributed by atoms with E-state index >= 15 is 0 Å². The summed E-state index contributed by atoms with van der Waals surface area (Å²) < 4.78 is 16.1. The van der Waals surface area contributed by atoms with Gasteiger partial charge in [0, 0.05) is 19.6 Å². The monoisotopic (exact) mass is 308 g/mol. The normalized spacial score (nSPS) is 15.3. The number of para-hydroxylation sites is 2. The van der Waals surface area contributed by atoms with Crippen molar-refractivity contribution in [3.05, 3.63) is 24.3 Å². The Kier molecular flexibility index (Phi) is 6.99. The van der Waals surface area contributed by atoms with E-state index in [2.05, 4.69) is 10.2 Å². The van der Waals surface area contributed by atoms with E-state index in [0.29, 0.717) is 24.7 Å². The predicted molar refractivity (Wildman–Crippen MR) is 84.5 cm³/mol. The fourth-order valence-electron chi connectivity index (χ4n) is 2.15. The number of morpholine rings is 1. The molecule has 0 radical (unpaired) electrons. The molecule has 6 heteroatoms. The lowest BCUT2D eigenvalue weighted by atomic mass is 10.3. The van der Waals surface area contributed by atoms with Crippen LogP contribution in [0, 0.1) is 0 Å². The molecule has 2 rings (SSSR count). The van der Waals surface area contributed by atoms with Crippen molar-refractivity contribution < 1.29 is 19.0 Å². The van der Waals surface area contributed by atoms with Gasteiger partial charge in [0.1, 0.15) is 12.4 Å². The third-order valence-corrected chi connectivity index (χ3v) is 3.33. The Morgan fingerprint density at radius 3 is 2.82 bits per heavy atom. The first-order valence-corrected chi connectivity index (χ1v) is 7.75. The van der Waals surface area contributed by atoms with Gasteiger partial charge in [-0.2, -0.15) is 0 Å². The standard InChI is InChI=1S/C16H24N2O4/c1-2-10-21-15-6-4-3-5-14(15)17-16(19)22-13-9-18-7-11-20-12-8-18/h3-6H,2,7-13H2,1H3,(H,17,19). The topological polar surface area (TPSA) is 60.0 Å². The minimum Gasteiger partial charge on any atom is -0.491 e. The molecule has 0 aliphatic carbocycles. The molecule has 0 atom stereocenters. The zero-order valence-electron chi connectivity index (χ0n) is 13.0. The highest BCUT2D eigenvalue weighted by molar-refractivity contribution is 5.86. The van der Waals surface area contributed by atoms with Crippen molar-refractivity contribution in [3.63, 3.8) is 0 Å². The van der Waals surface area contributed by atoms with Gasteiger partial charge in [0.2, 0.25) is 0 Å². The number of rotatable bonds is 7. The van der Waals surface area contributed by atoms with Crippen LogP contribution in [-0.2, 0) is 9.47 Å². The summed E-state index contributed by atoms with van der Waals surface area (Å²) in [5, 5.41) is 2.73. The molecule has 122 valence electrons. The Morgan fingerprint density at radius 1 is 1.27 bits per heavy atom. The van der Waals surface area contributed by atoms with E-state index in [1.54, 1.807) is 6.07 Å².